The number of thiophene rings is 1. The molecule has 124 valence electrons. The highest BCUT2D eigenvalue weighted by Gasteiger charge is 2.47. The van der Waals surface area contributed by atoms with Gasteiger partial charge in [0.05, 0.1) is 11.5 Å². The largest absolute Gasteiger partial charge is 0.341 e. The minimum atomic E-state index is 0.0242. The molecule has 23 heavy (non-hydrogen) atoms. The highest BCUT2D eigenvalue weighted by molar-refractivity contribution is 7.08. The molecule has 4 heterocycles. The number of amides is 2. The number of carbonyl (C=O) groups excluding carboxylic acids is 2. The second-order valence-electron chi connectivity index (χ2n) is 6.92. The van der Waals surface area contributed by atoms with E-state index in [0.29, 0.717) is 12.5 Å². The molecule has 0 aromatic carbocycles. The Bertz CT molecular complexity index is 583. The molecule has 1 aromatic heterocycles. The van der Waals surface area contributed by atoms with Gasteiger partial charge in [-0.05, 0) is 37.4 Å². The molecule has 2 amide bonds. The van der Waals surface area contributed by atoms with Crippen LogP contribution in [0.4, 0.5) is 0 Å². The third-order valence-electron chi connectivity index (χ3n) is 5.46. The Labute approximate surface area is 140 Å². The molecule has 5 nitrogen and oxygen atoms in total. The SMILES string of the molecule is O=C(c1ccsc1)N1C[C@H]2CN(CCN3CCCC3)C(=O)[C@H]2C1. The molecule has 2 atom stereocenters. The maximum Gasteiger partial charge on any atom is 0.254 e. The van der Waals surface area contributed by atoms with Crippen molar-refractivity contribution in [3.8, 4) is 0 Å². The second-order valence-corrected chi connectivity index (χ2v) is 7.70. The minimum Gasteiger partial charge on any atom is -0.341 e. The average molecular weight is 333 g/mol. The fraction of sp³-hybridized carbons (Fsp3) is 0.647. The summed E-state index contributed by atoms with van der Waals surface area (Å²) in [6, 6.07) is 1.87. The number of carbonyl (C=O) groups is 2. The van der Waals surface area contributed by atoms with Gasteiger partial charge in [0, 0.05) is 44.0 Å². The van der Waals surface area contributed by atoms with Crippen LogP contribution in [0.1, 0.15) is 23.2 Å². The van der Waals surface area contributed by atoms with Crippen LogP contribution < -0.4 is 0 Å². The first kappa shape index (κ1) is 15.1. The number of rotatable bonds is 4. The Morgan fingerprint density at radius 1 is 1.17 bits per heavy atom. The molecule has 1 aromatic rings. The van der Waals surface area contributed by atoms with Gasteiger partial charge in [0.2, 0.25) is 5.91 Å². The predicted octanol–water partition coefficient (Wildman–Crippen LogP) is 1.37. The summed E-state index contributed by atoms with van der Waals surface area (Å²) in [5.41, 5.74) is 0.758. The number of hydrogen-bond donors (Lipinski definition) is 0. The molecule has 0 saturated carbocycles. The fourth-order valence-corrected chi connectivity index (χ4v) is 4.78. The van der Waals surface area contributed by atoms with E-state index in [4.69, 9.17) is 0 Å². The summed E-state index contributed by atoms with van der Waals surface area (Å²) in [4.78, 5) is 31.4. The van der Waals surface area contributed by atoms with Gasteiger partial charge in [0.15, 0.2) is 0 Å². The van der Waals surface area contributed by atoms with Crippen LogP contribution in [0.2, 0.25) is 0 Å². The van der Waals surface area contributed by atoms with Crippen LogP contribution >= 0.6 is 11.3 Å². The summed E-state index contributed by atoms with van der Waals surface area (Å²) in [5.74, 6) is 0.687. The number of nitrogens with zero attached hydrogens (tertiary/aromatic N) is 3. The Hall–Kier alpha value is -1.40. The van der Waals surface area contributed by atoms with Crippen LogP contribution in [0.5, 0.6) is 0 Å². The first-order chi connectivity index (χ1) is 11.2. The standard InChI is InChI=1S/C17H23N3O2S/c21-16(13-3-8-23-12-13)20-10-14-9-19(17(22)15(14)11-20)7-6-18-4-1-2-5-18/h3,8,12,14-15H,1-2,4-7,9-11H2/t14-,15+/m1/s1. The first-order valence-corrected chi connectivity index (χ1v) is 9.49. The predicted molar refractivity (Wildman–Crippen MR) is 89.5 cm³/mol. The van der Waals surface area contributed by atoms with Crippen molar-refractivity contribution in [3.63, 3.8) is 0 Å². The lowest BCUT2D eigenvalue weighted by molar-refractivity contribution is -0.131. The topological polar surface area (TPSA) is 43.9 Å². The zero-order valence-corrected chi connectivity index (χ0v) is 14.1. The molecule has 3 fully saturated rings. The molecule has 0 radical (unpaired) electrons. The van der Waals surface area contributed by atoms with Crippen molar-refractivity contribution < 1.29 is 9.59 Å². The monoisotopic (exact) mass is 333 g/mol. The van der Waals surface area contributed by atoms with Crippen molar-refractivity contribution in [1.82, 2.24) is 14.7 Å². The normalized spacial score (nSPS) is 27.9. The van der Waals surface area contributed by atoms with Gasteiger partial charge in [-0.25, -0.2) is 0 Å². The smallest absolute Gasteiger partial charge is 0.254 e. The lowest BCUT2D eigenvalue weighted by Gasteiger charge is -2.24. The van der Waals surface area contributed by atoms with Crippen molar-refractivity contribution in [2.24, 2.45) is 11.8 Å². The molecule has 3 aliphatic rings. The van der Waals surface area contributed by atoms with E-state index < -0.39 is 0 Å². The molecule has 0 unspecified atom stereocenters. The molecular formula is C17H23N3O2S. The lowest BCUT2D eigenvalue weighted by atomic mass is 10.0. The summed E-state index contributed by atoms with van der Waals surface area (Å²) in [7, 11) is 0. The zero-order valence-electron chi connectivity index (χ0n) is 13.3. The van der Waals surface area contributed by atoms with Gasteiger partial charge in [-0.1, -0.05) is 0 Å². The van der Waals surface area contributed by atoms with E-state index in [0.717, 1.165) is 31.7 Å². The molecule has 0 aliphatic carbocycles. The minimum absolute atomic E-state index is 0.0242. The van der Waals surface area contributed by atoms with E-state index in [-0.39, 0.29) is 17.7 Å². The quantitative estimate of drug-likeness (QED) is 0.836. The summed E-state index contributed by atoms with van der Waals surface area (Å²) in [6.07, 6.45) is 2.58. The molecule has 0 N–H and O–H groups in total. The van der Waals surface area contributed by atoms with Gasteiger partial charge in [-0.2, -0.15) is 11.3 Å². The van der Waals surface area contributed by atoms with E-state index in [1.807, 2.05) is 26.6 Å². The van der Waals surface area contributed by atoms with Crippen LogP contribution in [-0.2, 0) is 4.79 Å². The first-order valence-electron chi connectivity index (χ1n) is 8.55. The van der Waals surface area contributed by atoms with Gasteiger partial charge in [-0.3, -0.25) is 9.59 Å². The van der Waals surface area contributed by atoms with E-state index in [1.165, 1.54) is 25.9 Å². The van der Waals surface area contributed by atoms with Gasteiger partial charge < -0.3 is 14.7 Å². The summed E-state index contributed by atoms with van der Waals surface area (Å²) in [5, 5.41) is 3.82. The van der Waals surface area contributed by atoms with E-state index in [9.17, 15) is 9.59 Å². The third kappa shape index (κ3) is 2.90. The third-order valence-corrected chi connectivity index (χ3v) is 6.15. The van der Waals surface area contributed by atoms with Gasteiger partial charge in [0.25, 0.3) is 5.91 Å². The number of likely N-dealkylation sites (tertiary alicyclic amines) is 3. The molecular weight excluding hydrogens is 310 g/mol. The van der Waals surface area contributed by atoms with Crippen LogP contribution in [0, 0.1) is 11.8 Å². The van der Waals surface area contributed by atoms with Crippen LogP contribution in [0.25, 0.3) is 0 Å². The summed E-state index contributed by atoms with van der Waals surface area (Å²) < 4.78 is 0. The van der Waals surface area contributed by atoms with E-state index in [2.05, 4.69) is 4.90 Å². The van der Waals surface area contributed by atoms with Crippen LogP contribution in [-0.4, -0.2) is 72.3 Å². The van der Waals surface area contributed by atoms with Crippen molar-refractivity contribution in [3.05, 3.63) is 22.4 Å². The van der Waals surface area contributed by atoms with Gasteiger partial charge >= 0.3 is 0 Å². The molecule has 0 spiro atoms. The molecule has 3 aliphatic heterocycles. The zero-order chi connectivity index (χ0) is 15.8. The van der Waals surface area contributed by atoms with E-state index in [1.54, 1.807) is 11.3 Å². The summed E-state index contributed by atoms with van der Waals surface area (Å²) >= 11 is 1.54. The Morgan fingerprint density at radius 3 is 2.70 bits per heavy atom. The van der Waals surface area contributed by atoms with Gasteiger partial charge in [-0.15, -0.1) is 0 Å². The Balaban J connectivity index is 1.32. The van der Waals surface area contributed by atoms with Crippen molar-refractivity contribution >= 4 is 23.2 Å². The highest BCUT2D eigenvalue weighted by atomic mass is 32.1. The van der Waals surface area contributed by atoms with E-state index >= 15 is 0 Å². The highest BCUT2D eigenvalue weighted by Crippen LogP contribution is 2.33. The number of fused-ring (bicyclic) bond motifs is 1. The number of hydrogen-bond acceptors (Lipinski definition) is 4. The maximum absolute atomic E-state index is 12.6. The average Bonchev–Trinajstić information content (AvgIpc) is 3.32. The van der Waals surface area contributed by atoms with Crippen LogP contribution in [0.3, 0.4) is 0 Å². The van der Waals surface area contributed by atoms with Crippen molar-refractivity contribution in [1.29, 1.82) is 0 Å². The van der Waals surface area contributed by atoms with Crippen LogP contribution in [0.15, 0.2) is 16.8 Å². The van der Waals surface area contributed by atoms with Crippen molar-refractivity contribution in [2.75, 3.05) is 45.8 Å². The maximum atomic E-state index is 12.6. The molecule has 0 bridgehead atoms. The Morgan fingerprint density at radius 2 is 2.00 bits per heavy atom. The van der Waals surface area contributed by atoms with Crippen molar-refractivity contribution in [2.45, 2.75) is 12.8 Å². The summed E-state index contributed by atoms with van der Waals surface area (Å²) in [6.45, 7) is 6.36. The lowest BCUT2D eigenvalue weighted by Crippen LogP contribution is -2.39. The molecule has 6 heteroatoms. The van der Waals surface area contributed by atoms with Gasteiger partial charge in [0.1, 0.15) is 0 Å². The molecule has 3 saturated heterocycles. The second kappa shape index (κ2) is 6.24. The Kier molecular flexibility index (Phi) is 4.11. The fourth-order valence-electron chi connectivity index (χ4n) is 4.15. The molecule has 4 rings (SSSR count).